The van der Waals surface area contributed by atoms with Crippen molar-refractivity contribution in [2.75, 3.05) is 0 Å². The van der Waals surface area contributed by atoms with Crippen LogP contribution in [0.2, 0.25) is 5.02 Å². The molecule has 0 bridgehead atoms. The van der Waals surface area contributed by atoms with Gasteiger partial charge in [0.05, 0.1) is 17.7 Å². The molecule has 0 spiro atoms. The van der Waals surface area contributed by atoms with Crippen molar-refractivity contribution in [3.05, 3.63) is 57.4 Å². The van der Waals surface area contributed by atoms with Crippen LogP contribution < -0.4 is 0 Å². The fourth-order valence-corrected chi connectivity index (χ4v) is 2.33. The lowest BCUT2D eigenvalue weighted by Crippen LogP contribution is -2.07. The van der Waals surface area contributed by atoms with E-state index in [-0.39, 0.29) is 22.5 Å². The average molecular weight is 322 g/mol. The summed E-state index contributed by atoms with van der Waals surface area (Å²) in [6, 6.07) is 6.12. The average Bonchev–Trinajstić information content (AvgIpc) is 2.74. The Morgan fingerprint density at radius 1 is 1.14 bits per heavy atom. The fraction of sp³-hybridized carbons (Fsp3) is 0.133. The topological polar surface area (TPSA) is 107 Å². The Morgan fingerprint density at radius 2 is 1.73 bits per heavy atom. The van der Waals surface area contributed by atoms with Crippen molar-refractivity contribution in [1.82, 2.24) is 4.98 Å². The van der Waals surface area contributed by atoms with Crippen LogP contribution in [0.1, 0.15) is 37.7 Å². The summed E-state index contributed by atoms with van der Waals surface area (Å²) < 4.78 is 0. The summed E-state index contributed by atoms with van der Waals surface area (Å²) in [7, 11) is 0. The molecule has 22 heavy (non-hydrogen) atoms. The van der Waals surface area contributed by atoms with E-state index in [0.717, 1.165) is 0 Å². The number of hydrogen-bond donors (Lipinski definition) is 3. The van der Waals surface area contributed by atoms with Crippen LogP contribution in [-0.2, 0) is 11.2 Å². The third-order valence-electron chi connectivity index (χ3n) is 3.20. The smallest absolute Gasteiger partial charge is 0.337 e. The van der Waals surface area contributed by atoms with Gasteiger partial charge in [-0.2, -0.15) is 0 Å². The van der Waals surface area contributed by atoms with Crippen molar-refractivity contribution >= 4 is 29.3 Å². The van der Waals surface area contributed by atoms with Crippen LogP contribution in [0.4, 0.5) is 0 Å². The molecule has 0 unspecified atom stereocenters. The number of halogens is 1. The molecule has 2 rings (SSSR count). The molecule has 114 valence electrons. The van der Waals surface area contributed by atoms with Crippen molar-refractivity contribution in [2.24, 2.45) is 0 Å². The Hall–Kier alpha value is -2.60. The number of carbonyl (C=O) groups is 3. The van der Waals surface area contributed by atoms with Crippen LogP contribution in [-0.4, -0.2) is 32.9 Å². The first kappa shape index (κ1) is 15.8. The molecular weight excluding hydrogens is 310 g/mol. The molecule has 0 saturated carbocycles. The number of carbonyl (C=O) groups excluding carboxylic acids is 1. The van der Waals surface area contributed by atoms with E-state index in [1.807, 2.05) is 0 Å². The highest BCUT2D eigenvalue weighted by atomic mass is 35.5. The van der Waals surface area contributed by atoms with E-state index < -0.39 is 24.1 Å². The highest BCUT2D eigenvalue weighted by Crippen LogP contribution is 2.22. The van der Waals surface area contributed by atoms with E-state index in [4.69, 9.17) is 16.7 Å². The Kier molecular flexibility index (Phi) is 4.32. The predicted molar refractivity (Wildman–Crippen MR) is 78.7 cm³/mol. The summed E-state index contributed by atoms with van der Waals surface area (Å²) in [6.45, 7) is 1.47. The Morgan fingerprint density at radius 3 is 2.23 bits per heavy atom. The van der Waals surface area contributed by atoms with Gasteiger partial charge in [0.25, 0.3) is 0 Å². The fourth-order valence-electron chi connectivity index (χ4n) is 2.20. The predicted octanol–water partition coefficient (Wildman–Crippen LogP) is 2.53. The molecule has 3 N–H and O–H groups in total. The van der Waals surface area contributed by atoms with Gasteiger partial charge in [0.1, 0.15) is 0 Å². The minimum Gasteiger partial charge on any atom is -0.481 e. The number of benzene rings is 1. The summed E-state index contributed by atoms with van der Waals surface area (Å²) in [4.78, 5) is 37.2. The molecule has 0 saturated heterocycles. The zero-order chi connectivity index (χ0) is 16.4. The second-order valence-corrected chi connectivity index (χ2v) is 5.13. The number of aliphatic carboxylic acids is 1. The number of rotatable bonds is 5. The number of carboxylic acid groups (broad SMARTS) is 2. The summed E-state index contributed by atoms with van der Waals surface area (Å²) in [5.74, 6) is -2.89. The number of nitrogens with one attached hydrogen (secondary N) is 1. The molecule has 0 atom stereocenters. The van der Waals surface area contributed by atoms with Gasteiger partial charge >= 0.3 is 11.9 Å². The lowest BCUT2D eigenvalue weighted by Gasteiger charge is -2.01. The number of hydrogen-bond acceptors (Lipinski definition) is 3. The lowest BCUT2D eigenvalue weighted by molar-refractivity contribution is -0.136. The van der Waals surface area contributed by atoms with Crippen molar-refractivity contribution in [3.63, 3.8) is 0 Å². The third-order valence-corrected chi connectivity index (χ3v) is 3.45. The normalized spacial score (nSPS) is 10.5. The van der Waals surface area contributed by atoms with E-state index in [1.54, 1.807) is 12.1 Å². The zero-order valence-electron chi connectivity index (χ0n) is 11.5. The minimum absolute atomic E-state index is 0.00480. The highest BCUT2D eigenvalue weighted by molar-refractivity contribution is 6.30. The summed E-state index contributed by atoms with van der Waals surface area (Å²) >= 11 is 5.76. The lowest BCUT2D eigenvalue weighted by atomic mass is 10.0. The van der Waals surface area contributed by atoms with Gasteiger partial charge in [-0.25, -0.2) is 4.79 Å². The third kappa shape index (κ3) is 3.01. The SMILES string of the molecule is Cc1c(C(=O)c2ccc(Cl)cc2)[nH]c(CC(=O)O)c1C(=O)O. The van der Waals surface area contributed by atoms with Gasteiger partial charge in [-0.05, 0) is 36.8 Å². The van der Waals surface area contributed by atoms with Gasteiger partial charge in [-0.1, -0.05) is 11.6 Å². The number of carboxylic acids is 2. The van der Waals surface area contributed by atoms with Crippen LogP contribution in [0.5, 0.6) is 0 Å². The van der Waals surface area contributed by atoms with Gasteiger partial charge in [0.15, 0.2) is 0 Å². The first-order chi connectivity index (χ1) is 10.3. The van der Waals surface area contributed by atoms with Crippen molar-refractivity contribution in [1.29, 1.82) is 0 Å². The number of aromatic carboxylic acids is 1. The molecule has 0 aliphatic heterocycles. The maximum absolute atomic E-state index is 12.4. The number of H-pyrrole nitrogens is 1. The van der Waals surface area contributed by atoms with Crippen molar-refractivity contribution in [3.8, 4) is 0 Å². The van der Waals surface area contributed by atoms with Crippen molar-refractivity contribution in [2.45, 2.75) is 13.3 Å². The van der Waals surface area contributed by atoms with E-state index in [0.29, 0.717) is 10.6 Å². The zero-order valence-corrected chi connectivity index (χ0v) is 12.3. The first-order valence-corrected chi connectivity index (χ1v) is 6.66. The number of aromatic nitrogens is 1. The summed E-state index contributed by atoms with van der Waals surface area (Å²) in [5, 5.41) is 18.5. The second kappa shape index (κ2) is 6.03. The molecule has 1 heterocycles. The maximum Gasteiger partial charge on any atom is 0.337 e. The molecule has 0 radical (unpaired) electrons. The molecule has 7 heteroatoms. The summed E-state index contributed by atoms with van der Waals surface area (Å²) in [5.41, 5.74) is 0.418. The standard InChI is InChI=1S/C15H12ClNO5/c1-7-12(15(21)22)10(6-11(18)19)17-13(7)14(20)8-2-4-9(16)5-3-8/h2-5,17H,6H2,1H3,(H,18,19)(H,21,22). The van der Waals surface area contributed by atoms with Crippen LogP contribution in [0.25, 0.3) is 0 Å². The molecule has 6 nitrogen and oxygen atoms in total. The van der Waals surface area contributed by atoms with E-state index in [1.165, 1.54) is 19.1 Å². The number of ketones is 1. The molecule has 1 aromatic heterocycles. The highest BCUT2D eigenvalue weighted by Gasteiger charge is 2.25. The van der Waals surface area contributed by atoms with Gasteiger partial charge in [-0.3, -0.25) is 9.59 Å². The van der Waals surface area contributed by atoms with Gasteiger partial charge in [0.2, 0.25) is 5.78 Å². The quantitative estimate of drug-likeness (QED) is 0.733. The molecule has 2 aromatic rings. The van der Waals surface area contributed by atoms with Crippen LogP contribution in [0, 0.1) is 6.92 Å². The molecule has 0 aliphatic carbocycles. The summed E-state index contributed by atoms with van der Waals surface area (Å²) in [6.07, 6.45) is -0.504. The van der Waals surface area contributed by atoms with E-state index in [2.05, 4.69) is 4.98 Å². The van der Waals surface area contributed by atoms with E-state index >= 15 is 0 Å². The number of aromatic amines is 1. The largest absolute Gasteiger partial charge is 0.481 e. The molecule has 0 amide bonds. The van der Waals surface area contributed by atoms with Gasteiger partial charge in [0, 0.05) is 16.3 Å². The molecular formula is C15H12ClNO5. The minimum atomic E-state index is -1.28. The van der Waals surface area contributed by atoms with Crippen LogP contribution in [0.15, 0.2) is 24.3 Å². The molecule has 0 aliphatic rings. The maximum atomic E-state index is 12.4. The van der Waals surface area contributed by atoms with E-state index in [9.17, 15) is 19.5 Å². The van der Waals surface area contributed by atoms with Gasteiger partial charge < -0.3 is 15.2 Å². The molecule has 1 aromatic carbocycles. The van der Waals surface area contributed by atoms with Crippen molar-refractivity contribution < 1.29 is 24.6 Å². The Labute approximate surface area is 130 Å². The van der Waals surface area contributed by atoms with Gasteiger partial charge in [-0.15, -0.1) is 0 Å². The second-order valence-electron chi connectivity index (χ2n) is 4.69. The molecule has 0 fully saturated rings. The first-order valence-electron chi connectivity index (χ1n) is 6.28. The Bertz CT molecular complexity index is 761. The van der Waals surface area contributed by atoms with Crippen LogP contribution >= 0.6 is 11.6 Å². The Balaban J connectivity index is 2.51. The monoisotopic (exact) mass is 321 g/mol. The van der Waals surface area contributed by atoms with Crippen LogP contribution in [0.3, 0.4) is 0 Å².